The molecule has 2 nitrogen and oxygen atoms in total. The highest BCUT2D eigenvalue weighted by Crippen LogP contribution is 2.30. The van der Waals surface area contributed by atoms with Crippen LogP contribution in [0.15, 0.2) is 24.3 Å². The van der Waals surface area contributed by atoms with Gasteiger partial charge in [-0.2, -0.15) is 13.2 Å². The van der Waals surface area contributed by atoms with Crippen LogP contribution in [0.1, 0.15) is 25.0 Å². The standard InChI is InChI=1S/C13H16F3NO/c1-9-8-17-12(2,18-9)7-10-3-5-11(6-4-10)13(14,15)16/h3-6,9,17H,7-8H2,1-2H3. The van der Waals surface area contributed by atoms with Gasteiger partial charge in [-0.05, 0) is 31.5 Å². The zero-order valence-electron chi connectivity index (χ0n) is 10.3. The molecule has 0 bridgehead atoms. The van der Waals surface area contributed by atoms with Crippen LogP contribution in [0.5, 0.6) is 0 Å². The Labute approximate surface area is 104 Å². The van der Waals surface area contributed by atoms with Gasteiger partial charge >= 0.3 is 6.18 Å². The number of hydrogen-bond acceptors (Lipinski definition) is 2. The van der Waals surface area contributed by atoms with Gasteiger partial charge < -0.3 is 4.74 Å². The Hall–Kier alpha value is -1.07. The van der Waals surface area contributed by atoms with Crippen LogP contribution in [0.25, 0.3) is 0 Å². The van der Waals surface area contributed by atoms with E-state index in [9.17, 15) is 13.2 Å². The Kier molecular flexibility index (Phi) is 3.38. The number of nitrogens with one attached hydrogen (secondary N) is 1. The maximum absolute atomic E-state index is 12.4. The van der Waals surface area contributed by atoms with Crippen LogP contribution in [-0.4, -0.2) is 18.4 Å². The predicted molar refractivity (Wildman–Crippen MR) is 62.1 cm³/mol. The monoisotopic (exact) mass is 259 g/mol. The predicted octanol–water partition coefficient (Wildman–Crippen LogP) is 2.97. The first kappa shape index (κ1) is 13.4. The normalized spacial score (nSPS) is 28.6. The lowest BCUT2D eigenvalue weighted by atomic mass is 10.0. The second-order valence-electron chi connectivity index (χ2n) is 4.91. The minimum absolute atomic E-state index is 0.129. The number of halogens is 3. The topological polar surface area (TPSA) is 21.3 Å². The molecule has 1 saturated heterocycles. The van der Waals surface area contributed by atoms with Gasteiger partial charge in [0.1, 0.15) is 5.72 Å². The average Bonchev–Trinajstić information content (AvgIpc) is 2.58. The molecule has 1 aliphatic rings. The van der Waals surface area contributed by atoms with Crippen molar-refractivity contribution in [3.05, 3.63) is 35.4 Å². The fourth-order valence-corrected chi connectivity index (χ4v) is 2.19. The van der Waals surface area contributed by atoms with E-state index in [1.807, 2.05) is 13.8 Å². The molecular weight excluding hydrogens is 243 g/mol. The van der Waals surface area contributed by atoms with Gasteiger partial charge in [-0.3, -0.25) is 5.32 Å². The molecule has 0 aliphatic carbocycles. The molecular formula is C13H16F3NO. The van der Waals surface area contributed by atoms with Crippen LogP contribution in [0.4, 0.5) is 13.2 Å². The number of hydrogen-bond donors (Lipinski definition) is 1. The third-order valence-corrected chi connectivity index (χ3v) is 3.05. The first-order chi connectivity index (χ1) is 8.28. The smallest absolute Gasteiger partial charge is 0.356 e. The fourth-order valence-electron chi connectivity index (χ4n) is 2.19. The summed E-state index contributed by atoms with van der Waals surface area (Å²) >= 11 is 0. The minimum atomic E-state index is -4.28. The molecule has 2 rings (SSSR count). The molecule has 0 amide bonds. The van der Waals surface area contributed by atoms with E-state index in [1.54, 1.807) is 0 Å². The van der Waals surface area contributed by atoms with Crippen LogP contribution in [0.3, 0.4) is 0 Å². The SMILES string of the molecule is CC1CNC(C)(Cc2ccc(C(F)(F)F)cc2)O1. The van der Waals surface area contributed by atoms with E-state index in [1.165, 1.54) is 12.1 Å². The van der Waals surface area contributed by atoms with Gasteiger partial charge in [0.2, 0.25) is 0 Å². The molecule has 1 aromatic rings. The second kappa shape index (κ2) is 4.55. The maximum Gasteiger partial charge on any atom is 0.416 e. The van der Waals surface area contributed by atoms with Crippen molar-refractivity contribution < 1.29 is 17.9 Å². The molecule has 0 spiro atoms. The lowest BCUT2D eigenvalue weighted by Crippen LogP contribution is -2.39. The van der Waals surface area contributed by atoms with E-state index < -0.39 is 17.5 Å². The molecule has 0 saturated carbocycles. The van der Waals surface area contributed by atoms with Crippen molar-refractivity contribution in [1.82, 2.24) is 5.32 Å². The fraction of sp³-hybridized carbons (Fsp3) is 0.538. The molecule has 1 N–H and O–H groups in total. The summed E-state index contributed by atoms with van der Waals surface area (Å²) in [4.78, 5) is 0. The van der Waals surface area contributed by atoms with Crippen LogP contribution in [0.2, 0.25) is 0 Å². The van der Waals surface area contributed by atoms with Gasteiger partial charge in [-0.1, -0.05) is 12.1 Å². The van der Waals surface area contributed by atoms with Crippen LogP contribution >= 0.6 is 0 Å². The van der Waals surface area contributed by atoms with Crippen molar-refractivity contribution in [2.24, 2.45) is 0 Å². The number of ether oxygens (including phenoxy) is 1. The average molecular weight is 259 g/mol. The molecule has 0 radical (unpaired) electrons. The van der Waals surface area contributed by atoms with E-state index in [2.05, 4.69) is 5.32 Å². The molecule has 100 valence electrons. The molecule has 1 heterocycles. The van der Waals surface area contributed by atoms with Crippen molar-refractivity contribution in [3.63, 3.8) is 0 Å². The number of rotatable bonds is 2. The van der Waals surface area contributed by atoms with E-state index in [-0.39, 0.29) is 6.10 Å². The number of alkyl halides is 3. The second-order valence-corrected chi connectivity index (χ2v) is 4.91. The van der Waals surface area contributed by atoms with Crippen molar-refractivity contribution >= 4 is 0 Å². The zero-order valence-corrected chi connectivity index (χ0v) is 10.3. The molecule has 2 unspecified atom stereocenters. The highest BCUT2D eigenvalue weighted by molar-refractivity contribution is 5.25. The van der Waals surface area contributed by atoms with E-state index in [0.717, 1.165) is 24.2 Å². The molecule has 2 atom stereocenters. The lowest BCUT2D eigenvalue weighted by Gasteiger charge is -2.24. The Morgan fingerprint density at radius 2 is 1.94 bits per heavy atom. The summed E-state index contributed by atoms with van der Waals surface area (Å²) in [5.74, 6) is 0. The summed E-state index contributed by atoms with van der Waals surface area (Å²) in [6.45, 7) is 4.64. The first-order valence-corrected chi connectivity index (χ1v) is 5.87. The summed E-state index contributed by atoms with van der Waals surface area (Å²) in [5.41, 5.74) is -0.281. The molecule has 1 fully saturated rings. The van der Waals surface area contributed by atoms with E-state index in [4.69, 9.17) is 4.74 Å². The maximum atomic E-state index is 12.4. The first-order valence-electron chi connectivity index (χ1n) is 5.87. The largest absolute Gasteiger partial charge is 0.416 e. The van der Waals surface area contributed by atoms with E-state index in [0.29, 0.717) is 6.42 Å². The summed E-state index contributed by atoms with van der Waals surface area (Å²) in [6, 6.07) is 5.22. The van der Waals surface area contributed by atoms with Crippen molar-refractivity contribution in [3.8, 4) is 0 Å². The quantitative estimate of drug-likeness (QED) is 0.881. The molecule has 1 aromatic carbocycles. The van der Waals surface area contributed by atoms with Crippen LogP contribution in [0, 0.1) is 0 Å². The molecule has 1 aliphatic heterocycles. The van der Waals surface area contributed by atoms with Gasteiger partial charge in [-0.15, -0.1) is 0 Å². The van der Waals surface area contributed by atoms with Gasteiger partial charge in [0, 0.05) is 13.0 Å². The lowest BCUT2D eigenvalue weighted by molar-refractivity contribution is -0.137. The summed E-state index contributed by atoms with van der Waals surface area (Å²) in [7, 11) is 0. The third-order valence-electron chi connectivity index (χ3n) is 3.05. The molecule has 0 aromatic heterocycles. The highest BCUT2D eigenvalue weighted by Gasteiger charge is 2.34. The van der Waals surface area contributed by atoms with Gasteiger partial charge in [0.05, 0.1) is 11.7 Å². The Balaban J connectivity index is 2.07. The minimum Gasteiger partial charge on any atom is -0.356 e. The Morgan fingerprint density at radius 1 is 1.33 bits per heavy atom. The van der Waals surface area contributed by atoms with E-state index >= 15 is 0 Å². The van der Waals surface area contributed by atoms with Gasteiger partial charge in [0.25, 0.3) is 0 Å². The number of benzene rings is 1. The summed E-state index contributed by atoms with van der Waals surface area (Å²) < 4.78 is 43.0. The summed E-state index contributed by atoms with van der Waals surface area (Å²) in [5, 5.41) is 3.23. The molecule has 18 heavy (non-hydrogen) atoms. The zero-order chi connectivity index (χ0) is 13.4. The Bertz CT molecular complexity index is 415. The van der Waals surface area contributed by atoms with Crippen molar-refractivity contribution in [2.45, 2.75) is 38.3 Å². The van der Waals surface area contributed by atoms with Crippen molar-refractivity contribution in [1.29, 1.82) is 0 Å². The summed E-state index contributed by atoms with van der Waals surface area (Å²) in [6.07, 6.45) is -3.60. The van der Waals surface area contributed by atoms with Crippen molar-refractivity contribution in [2.75, 3.05) is 6.54 Å². The van der Waals surface area contributed by atoms with Gasteiger partial charge in [0.15, 0.2) is 0 Å². The van der Waals surface area contributed by atoms with Gasteiger partial charge in [-0.25, -0.2) is 0 Å². The molecule has 5 heteroatoms. The highest BCUT2D eigenvalue weighted by atomic mass is 19.4. The third kappa shape index (κ3) is 3.03. The Morgan fingerprint density at radius 3 is 2.39 bits per heavy atom. The van der Waals surface area contributed by atoms with Crippen LogP contribution < -0.4 is 5.32 Å². The van der Waals surface area contributed by atoms with Crippen LogP contribution in [-0.2, 0) is 17.3 Å².